The van der Waals surface area contributed by atoms with Crippen LogP contribution in [0.5, 0.6) is 0 Å². The predicted molar refractivity (Wildman–Crippen MR) is 38.6 cm³/mol. The molecule has 0 aliphatic rings. The smallest absolute Gasteiger partial charge is 0.317 e. The largest absolute Gasteiger partial charge is 0.480 e. The van der Waals surface area contributed by atoms with E-state index < -0.39 is 5.97 Å². The summed E-state index contributed by atoms with van der Waals surface area (Å²) in [5, 5.41) is 10.8. The van der Waals surface area contributed by atoms with E-state index in [4.69, 9.17) is 5.11 Å². The van der Waals surface area contributed by atoms with E-state index >= 15 is 0 Å². The maximum atomic E-state index is 9.87. The van der Waals surface area contributed by atoms with Crippen molar-refractivity contribution >= 4 is 21.9 Å². The Balaban J connectivity index is 3.10. The molecule has 0 amide bonds. The lowest BCUT2D eigenvalue weighted by atomic mass is 10.6. The summed E-state index contributed by atoms with van der Waals surface area (Å²) in [6, 6.07) is 0. The van der Waals surface area contributed by atoms with Crippen LogP contribution in [0.15, 0.2) is 11.1 Å². The van der Waals surface area contributed by atoms with Crippen molar-refractivity contribution in [2.75, 3.05) is 13.1 Å². The molecule has 2 N–H and O–H groups in total. The van der Waals surface area contributed by atoms with Crippen LogP contribution in [0.2, 0.25) is 0 Å². The number of hydrogen-bond acceptors (Lipinski definition) is 2. The quantitative estimate of drug-likeness (QED) is 0.687. The summed E-state index contributed by atoms with van der Waals surface area (Å²) in [6.07, 6.45) is 0. The fourth-order valence-corrected chi connectivity index (χ4v) is 0.503. The molecule has 0 fully saturated rings. The molecule has 0 aliphatic carbocycles. The lowest BCUT2D eigenvalue weighted by Gasteiger charge is -1.96. The van der Waals surface area contributed by atoms with Gasteiger partial charge in [0.2, 0.25) is 0 Å². The fourth-order valence-electron chi connectivity index (χ4n) is 0.305. The van der Waals surface area contributed by atoms with E-state index in [1.54, 1.807) is 0 Å². The van der Waals surface area contributed by atoms with Crippen LogP contribution in [-0.4, -0.2) is 24.2 Å². The zero-order chi connectivity index (χ0) is 7.28. The molecule has 9 heavy (non-hydrogen) atoms. The summed E-state index contributed by atoms with van der Waals surface area (Å²) in [4.78, 5) is 9.87. The number of hydrogen-bond donors (Lipinski definition) is 2. The molecule has 0 aliphatic heterocycles. The van der Waals surface area contributed by atoms with E-state index in [0.29, 0.717) is 6.54 Å². The Morgan fingerprint density at radius 1 is 1.67 bits per heavy atom. The van der Waals surface area contributed by atoms with E-state index in [0.717, 1.165) is 4.48 Å². The average molecular weight is 194 g/mol. The van der Waals surface area contributed by atoms with Crippen molar-refractivity contribution in [3.63, 3.8) is 0 Å². The molecule has 0 bridgehead atoms. The van der Waals surface area contributed by atoms with Gasteiger partial charge in [0.15, 0.2) is 0 Å². The Labute approximate surface area is 61.9 Å². The van der Waals surface area contributed by atoms with Crippen molar-refractivity contribution in [1.29, 1.82) is 0 Å². The lowest BCUT2D eigenvalue weighted by molar-refractivity contribution is -0.135. The summed E-state index contributed by atoms with van der Waals surface area (Å²) >= 11 is 3.07. The number of halogens is 1. The molecule has 0 heterocycles. The van der Waals surface area contributed by atoms with E-state index in [-0.39, 0.29) is 6.54 Å². The van der Waals surface area contributed by atoms with Crippen LogP contribution in [0.1, 0.15) is 0 Å². The SMILES string of the molecule is C=C(Br)CNCC(=O)O. The Bertz CT molecular complexity index is 110. The van der Waals surface area contributed by atoms with Gasteiger partial charge in [-0.3, -0.25) is 4.79 Å². The summed E-state index contributed by atoms with van der Waals surface area (Å²) in [7, 11) is 0. The lowest BCUT2D eigenvalue weighted by Crippen LogP contribution is -2.23. The van der Waals surface area contributed by atoms with Gasteiger partial charge in [-0.2, -0.15) is 0 Å². The van der Waals surface area contributed by atoms with Gasteiger partial charge in [-0.15, -0.1) is 0 Å². The van der Waals surface area contributed by atoms with Gasteiger partial charge >= 0.3 is 5.97 Å². The predicted octanol–water partition coefficient (Wildman–Crippen LogP) is 0.569. The van der Waals surface area contributed by atoms with Crippen LogP contribution in [0, 0.1) is 0 Å². The molecule has 0 atom stereocenters. The number of carbonyl (C=O) groups is 1. The number of carboxylic acids is 1. The van der Waals surface area contributed by atoms with Crippen molar-refractivity contribution < 1.29 is 9.90 Å². The highest BCUT2D eigenvalue weighted by molar-refractivity contribution is 9.11. The second-order valence-corrected chi connectivity index (χ2v) is 2.64. The first-order valence-corrected chi connectivity index (χ1v) is 3.18. The molecule has 0 unspecified atom stereocenters. The van der Waals surface area contributed by atoms with E-state index in [1.807, 2.05) is 0 Å². The standard InChI is InChI=1S/C5H8BrNO2/c1-4(6)2-7-3-5(8)9/h7H,1-3H2,(H,8,9). The van der Waals surface area contributed by atoms with Crippen molar-refractivity contribution in [2.45, 2.75) is 0 Å². The van der Waals surface area contributed by atoms with Gasteiger partial charge in [-0.25, -0.2) is 0 Å². The van der Waals surface area contributed by atoms with Crippen molar-refractivity contribution in [3.05, 3.63) is 11.1 Å². The minimum Gasteiger partial charge on any atom is -0.480 e. The van der Waals surface area contributed by atoms with Crippen LogP contribution < -0.4 is 5.32 Å². The highest BCUT2D eigenvalue weighted by Gasteiger charge is 1.93. The first-order chi connectivity index (χ1) is 4.13. The zero-order valence-electron chi connectivity index (χ0n) is 4.85. The topological polar surface area (TPSA) is 49.3 Å². The fraction of sp³-hybridized carbons (Fsp3) is 0.400. The molecule has 52 valence electrons. The van der Waals surface area contributed by atoms with Gasteiger partial charge in [0.1, 0.15) is 0 Å². The van der Waals surface area contributed by atoms with E-state index in [2.05, 4.69) is 27.8 Å². The monoisotopic (exact) mass is 193 g/mol. The van der Waals surface area contributed by atoms with Gasteiger partial charge in [-0.1, -0.05) is 22.5 Å². The summed E-state index contributed by atoms with van der Waals surface area (Å²) in [6.45, 7) is 3.98. The molecule has 0 saturated heterocycles. The van der Waals surface area contributed by atoms with Crippen molar-refractivity contribution in [3.8, 4) is 0 Å². The Morgan fingerprint density at radius 2 is 2.22 bits per heavy atom. The summed E-state index contributed by atoms with van der Waals surface area (Å²) in [5.74, 6) is -0.858. The molecule has 0 aromatic heterocycles. The third-order valence-corrected chi connectivity index (χ3v) is 0.873. The summed E-state index contributed by atoms with van der Waals surface area (Å²) in [5.41, 5.74) is 0. The highest BCUT2D eigenvalue weighted by atomic mass is 79.9. The molecule has 0 aromatic carbocycles. The van der Waals surface area contributed by atoms with Crippen LogP contribution >= 0.6 is 15.9 Å². The normalized spacial score (nSPS) is 9.00. The number of aliphatic carboxylic acids is 1. The van der Waals surface area contributed by atoms with Gasteiger partial charge in [0.05, 0.1) is 6.54 Å². The van der Waals surface area contributed by atoms with Gasteiger partial charge in [0, 0.05) is 11.0 Å². The van der Waals surface area contributed by atoms with Gasteiger partial charge < -0.3 is 10.4 Å². The second-order valence-electron chi connectivity index (χ2n) is 1.51. The molecule has 3 nitrogen and oxygen atoms in total. The Kier molecular flexibility index (Phi) is 4.35. The minimum atomic E-state index is -0.858. The van der Waals surface area contributed by atoms with Crippen LogP contribution in [0.25, 0.3) is 0 Å². The van der Waals surface area contributed by atoms with Gasteiger partial charge in [0.25, 0.3) is 0 Å². The first-order valence-electron chi connectivity index (χ1n) is 2.38. The maximum absolute atomic E-state index is 9.87. The summed E-state index contributed by atoms with van der Waals surface area (Å²) < 4.78 is 0.753. The minimum absolute atomic E-state index is 0.0232. The number of nitrogens with one attached hydrogen (secondary N) is 1. The Morgan fingerprint density at radius 3 is 2.56 bits per heavy atom. The highest BCUT2D eigenvalue weighted by Crippen LogP contribution is 1.95. The number of carboxylic acid groups (broad SMARTS) is 1. The van der Waals surface area contributed by atoms with E-state index in [9.17, 15) is 4.79 Å². The molecule has 0 spiro atoms. The van der Waals surface area contributed by atoms with Gasteiger partial charge in [-0.05, 0) is 0 Å². The third-order valence-electron chi connectivity index (χ3n) is 0.593. The van der Waals surface area contributed by atoms with Crippen LogP contribution in [-0.2, 0) is 4.79 Å². The van der Waals surface area contributed by atoms with Crippen molar-refractivity contribution in [2.24, 2.45) is 0 Å². The average Bonchev–Trinajstić information content (AvgIpc) is 1.63. The molecule has 0 aromatic rings. The van der Waals surface area contributed by atoms with E-state index in [1.165, 1.54) is 0 Å². The van der Waals surface area contributed by atoms with Crippen molar-refractivity contribution in [1.82, 2.24) is 5.32 Å². The molecule has 0 radical (unpaired) electrons. The molecule has 4 heteroatoms. The first kappa shape index (κ1) is 8.65. The molecule has 0 saturated carbocycles. The Hall–Kier alpha value is -0.350. The molecule has 0 rings (SSSR count). The third kappa shape index (κ3) is 7.65. The van der Waals surface area contributed by atoms with Crippen LogP contribution in [0.4, 0.5) is 0 Å². The second kappa shape index (κ2) is 4.52. The molecular formula is C5H8BrNO2. The zero-order valence-corrected chi connectivity index (χ0v) is 6.44. The molecular weight excluding hydrogens is 186 g/mol. The maximum Gasteiger partial charge on any atom is 0.317 e. The number of rotatable bonds is 4. The van der Waals surface area contributed by atoms with Crippen LogP contribution in [0.3, 0.4) is 0 Å².